The summed E-state index contributed by atoms with van der Waals surface area (Å²) in [5, 5.41) is 26.4. The molecule has 0 aliphatic rings. The van der Waals surface area contributed by atoms with E-state index in [4.69, 9.17) is 21.1 Å². The van der Waals surface area contributed by atoms with Crippen LogP contribution in [0.1, 0.15) is 23.6 Å². The second-order valence-electron chi connectivity index (χ2n) is 7.12. The number of rotatable bonds is 10. The first-order chi connectivity index (χ1) is 16.3. The maximum absolute atomic E-state index is 11.3. The van der Waals surface area contributed by atoms with Crippen LogP contribution >= 0.6 is 11.6 Å². The van der Waals surface area contributed by atoms with Crippen molar-refractivity contribution in [3.63, 3.8) is 0 Å². The van der Waals surface area contributed by atoms with E-state index in [2.05, 4.69) is 10.5 Å². The van der Waals surface area contributed by atoms with Gasteiger partial charge in [0.15, 0.2) is 11.5 Å². The number of aryl methyl sites for hydroxylation is 1. The van der Waals surface area contributed by atoms with E-state index in [1.54, 1.807) is 12.1 Å². The summed E-state index contributed by atoms with van der Waals surface area (Å²) in [6.45, 7) is 4.52. The lowest BCUT2D eigenvalue weighted by molar-refractivity contribution is -0.393. The fraction of sp³-hybridized carbons (Fsp3) is 0.174. The van der Waals surface area contributed by atoms with Crippen molar-refractivity contribution in [1.82, 2.24) is 0 Å². The molecule has 0 bridgehead atoms. The van der Waals surface area contributed by atoms with Crippen molar-refractivity contribution in [1.29, 1.82) is 0 Å². The summed E-state index contributed by atoms with van der Waals surface area (Å²) in [5.74, 6) is 0.810. The molecule has 10 nitrogen and oxygen atoms in total. The number of nitrogens with zero attached hydrogens (tertiary/aromatic N) is 3. The highest BCUT2D eigenvalue weighted by molar-refractivity contribution is 6.32. The Morgan fingerprint density at radius 1 is 1.03 bits per heavy atom. The quantitative estimate of drug-likeness (QED) is 0.216. The molecule has 11 heteroatoms. The number of hydrogen-bond donors (Lipinski definition) is 1. The Labute approximate surface area is 200 Å². The molecule has 0 aliphatic carbocycles. The average molecular weight is 485 g/mol. The number of anilines is 1. The Bertz CT molecular complexity index is 1230. The summed E-state index contributed by atoms with van der Waals surface area (Å²) in [7, 11) is 0. The van der Waals surface area contributed by atoms with Crippen LogP contribution in [0.2, 0.25) is 5.02 Å². The van der Waals surface area contributed by atoms with Crippen molar-refractivity contribution >= 4 is 34.9 Å². The summed E-state index contributed by atoms with van der Waals surface area (Å²) in [6, 6.07) is 14.4. The lowest BCUT2D eigenvalue weighted by atomic mass is 10.1. The monoisotopic (exact) mass is 484 g/mol. The van der Waals surface area contributed by atoms with E-state index >= 15 is 0 Å². The zero-order valence-corrected chi connectivity index (χ0v) is 19.1. The molecule has 0 saturated carbocycles. The van der Waals surface area contributed by atoms with Crippen LogP contribution in [-0.4, -0.2) is 22.7 Å². The van der Waals surface area contributed by atoms with Gasteiger partial charge in [-0.1, -0.05) is 41.4 Å². The van der Waals surface area contributed by atoms with Crippen LogP contribution in [0.15, 0.2) is 59.7 Å². The Morgan fingerprint density at radius 3 is 2.41 bits per heavy atom. The molecule has 34 heavy (non-hydrogen) atoms. The first-order valence-electron chi connectivity index (χ1n) is 10.1. The SMILES string of the molecule is CCOc1cc(/C=N/Nc2ccc([N+](=O)[O-])cc2[N+](=O)[O-])cc(Cl)c1OCc1ccc(C)cc1. The number of ether oxygens (including phenoxy) is 2. The Morgan fingerprint density at radius 2 is 1.76 bits per heavy atom. The van der Waals surface area contributed by atoms with Gasteiger partial charge >= 0.3 is 5.69 Å². The smallest absolute Gasteiger partial charge is 0.301 e. The van der Waals surface area contributed by atoms with Crippen LogP contribution in [0.3, 0.4) is 0 Å². The van der Waals surface area contributed by atoms with E-state index < -0.39 is 21.2 Å². The molecule has 0 aromatic heterocycles. The van der Waals surface area contributed by atoms with Crippen LogP contribution < -0.4 is 14.9 Å². The van der Waals surface area contributed by atoms with Gasteiger partial charge in [-0.3, -0.25) is 25.7 Å². The van der Waals surface area contributed by atoms with Crippen LogP contribution in [0.25, 0.3) is 0 Å². The van der Waals surface area contributed by atoms with E-state index in [0.29, 0.717) is 35.3 Å². The van der Waals surface area contributed by atoms with Crippen molar-refractivity contribution in [3.8, 4) is 11.5 Å². The number of nitrogens with one attached hydrogen (secondary N) is 1. The van der Waals surface area contributed by atoms with Crippen LogP contribution in [0.5, 0.6) is 11.5 Å². The number of nitro benzene ring substituents is 2. The van der Waals surface area contributed by atoms with Crippen LogP contribution in [-0.2, 0) is 6.61 Å². The third-order valence-electron chi connectivity index (χ3n) is 4.62. The van der Waals surface area contributed by atoms with Gasteiger partial charge in [0.05, 0.1) is 33.8 Å². The van der Waals surface area contributed by atoms with Gasteiger partial charge in [-0.25, -0.2) is 0 Å². The zero-order valence-electron chi connectivity index (χ0n) is 18.4. The Kier molecular flexibility index (Phi) is 7.99. The van der Waals surface area contributed by atoms with Gasteiger partial charge in [0, 0.05) is 6.07 Å². The lowest BCUT2D eigenvalue weighted by Crippen LogP contribution is -2.02. The van der Waals surface area contributed by atoms with Crippen LogP contribution in [0.4, 0.5) is 17.1 Å². The van der Waals surface area contributed by atoms with Gasteiger partial charge in [-0.15, -0.1) is 0 Å². The van der Waals surface area contributed by atoms with Gasteiger partial charge in [0.2, 0.25) is 0 Å². The van der Waals surface area contributed by atoms with Crippen molar-refractivity contribution in [2.24, 2.45) is 5.10 Å². The van der Waals surface area contributed by atoms with Crippen molar-refractivity contribution in [2.75, 3.05) is 12.0 Å². The molecule has 0 atom stereocenters. The van der Waals surface area contributed by atoms with Crippen LogP contribution in [0, 0.1) is 27.2 Å². The number of hydrogen-bond acceptors (Lipinski definition) is 8. The van der Waals surface area contributed by atoms with E-state index in [1.807, 2.05) is 38.1 Å². The normalized spacial score (nSPS) is 10.8. The molecule has 3 rings (SSSR count). The summed E-state index contributed by atoms with van der Waals surface area (Å²) < 4.78 is 11.6. The molecule has 0 fully saturated rings. The first-order valence-corrected chi connectivity index (χ1v) is 10.5. The third kappa shape index (κ3) is 6.20. The minimum absolute atomic E-state index is 0.000954. The number of halogens is 1. The maximum atomic E-state index is 11.3. The van der Waals surface area contributed by atoms with Gasteiger partial charge in [-0.2, -0.15) is 5.10 Å². The molecule has 3 aromatic rings. The number of nitro groups is 2. The maximum Gasteiger partial charge on any atom is 0.301 e. The highest BCUT2D eigenvalue weighted by Crippen LogP contribution is 2.37. The molecular formula is C23H21ClN4O6. The Balaban J connectivity index is 1.79. The summed E-state index contributed by atoms with van der Waals surface area (Å²) in [5.41, 5.74) is 4.34. The summed E-state index contributed by atoms with van der Waals surface area (Å²) in [4.78, 5) is 20.7. The first kappa shape index (κ1) is 24.5. The molecule has 0 saturated heterocycles. The van der Waals surface area contributed by atoms with E-state index in [0.717, 1.165) is 23.3 Å². The average Bonchev–Trinajstić information content (AvgIpc) is 2.80. The van der Waals surface area contributed by atoms with Crippen molar-refractivity contribution in [2.45, 2.75) is 20.5 Å². The van der Waals surface area contributed by atoms with Crippen molar-refractivity contribution in [3.05, 3.63) is 96.5 Å². The molecule has 0 amide bonds. The number of non-ortho nitro benzene ring substituents is 1. The second-order valence-corrected chi connectivity index (χ2v) is 7.53. The number of benzene rings is 3. The predicted octanol–water partition coefficient (Wildman–Crippen LogP) is 5.89. The molecular weight excluding hydrogens is 464 g/mol. The molecule has 1 N–H and O–H groups in total. The largest absolute Gasteiger partial charge is 0.490 e. The highest BCUT2D eigenvalue weighted by Gasteiger charge is 2.19. The van der Waals surface area contributed by atoms with E-state index in [9.17, 15) is 20.2 Å². The van der Waals surface area contributed by atoms with E-state index in [1.165, 1.54) is 12.3 Å². The van der Waals surface area contributed by atoms with Gasteiger partial charge in [0.25, 0.3) is 5.69 Å². The second kappa shape index (κ2) is 11.1. The standard InChI is InChI=1S/C23H21ClN4O6/c1-3-33-22-11-17(10-19(24)23(22)34-14-16-6-4-15(2)5-7-16)13-25-26-20-9-8-18(27(29)30)12-21(20)28(31)32/h4-13,26H,3,14H2,1-2H3/b25-13+. The molecule has 176 valence electrons. The number of hydrazone groups is 1. The molecule has 0 spiro atoms. The molecule has 0 heterocycles. The minimum Gasteiger partial charge on any atom is -0.490 e. The summed E-state index contributed by atoms with van der Waals surface area (Å²) >= 11 is 6.43. The lowest BCUT2D eigenvalue weighted by Gasteiger charge is -2.14. The van der Waals surface area contributed by atoms with Gasteiger partial charge in [-0.05, 0) is 43.2 Å². The zero-order chi connectivity index (χ0) is 24.7. The topological polar surface area (TPSA) is 129 Å². The molecule has 0 aliphatic heterocycles. The molecule has 0 radical (unpaired) electrons. The Hall–Kier alpha value is -4.18. The fourth-order valence-corrected chi connectivity index (χ4v) is 3.23. The molecule has 3 aromatic carbocycles. The third-order valence-corrected chi connectivity index (χ3v) is 4.90. The minimum atomic E-state index is -0.727. The van der Waals surface area contributed by atoms with E-state index in [-0.39, 0.29) is 5.69 Å². The molecule has 0 unspecified atom stereocenters. The summed E-state index contributed by atoms with van der Waals surface area (Å²) in [6.07, 6.45) is 1.39. The predicted molar refractivity (Wildman–Crippen MR) is 129 cm³/mol. The fourth-order valence-electron chi connectivity index (χ4n) is 2.96. The van der Waals surface area contributed by atoms with Gasteiger partial charge < -0.3 is 9.47 Å². The van der Waals surface area contributed by atoms with Gasteiger partial charge in [0.1, 0.15) is 12.3 Å². The highest BCUT2D eigenvalue weighted by atomic mass is 35.5. The van der Waals surface area contributed by atoms with Crippen molar-refractivity contribution < 1.29 is 19.3 Å².